The minimum atomic E-state index is 0. The van der Waals surface area contributed by atoms with E-state index in [1.165, 1.54) is 0 Å². The summed E-state index contributed by atoms with van der Waals surface area (Å²) in [6.45, 7) is 2.74. The highest BCUT2D eigenvalue weighted by Crippen LogP contribution is 2.20. The van der Waals surface area contributed by atoms with Gasteiger partial charge in [-0.3, -0.25) is 4.68 Å². The van der Waals surface area contributed by atoms with Crippen molar-refractivity contribution in [1.82, 2.24) is 25.2 Å². The topological polar surface area (TPSA) is 87.2 Å². The van der Waals surface area contributed by atoms with Crippen LogP contribution in [0.2, 0.25) is 0 Å². The van der Waals surface area contributed by atoms with Crippen molar-refractivity contribution in [2.75, 3.05) is 20.2 Å². The highest BCUT2D eigenvalue weighted by molar-refractivity contribution is 5.85. The lowest BCUT2D eigenvalue weighted by molar-refractivity contribution is 0.0998. The Labute approximate surface area is 169 Å². The van der Waals surface area contributed by atoms with Gasteiger partial charge in [-0.1, -0.05) is 17.3 Å². The fourth-order valence-corrected chi connectivity index (χ4v) is 3.15. The molecule has 1 aromatic carbocycles. The van der Waals surface area contributed by atoms with Crippen LogP contribution in [0.25, 0.3) is 11.6 Å². The average Bonchev–Trinajstić information content (AvgIpc) is 3.38. The molecule has 28 heavy (non-hydrogen) atoms. The van der Waals surface area contributed by atoms with Crippen LogP contribution in [0.1, 0.15) is 30.3 Å². The van der Waals surface area contributed by atoms with Crippen LogP contribution in [-0.4, -0.2) is 40.1 Å². The number of halogens is 1. The molecule has 1 fully saturated rings. The molecule has 9 heteroatoms. The highest BCUT2D eigenvalue weighted by atomic mass is 35.5. The van der Waals surface area contributed by atoms with Gasteiger partial charge in [0.15, 0.2) is 11.5 Å². The second-order valence-corrected chi connectivity index (χ2v) is 6.54. The third kappa shape index (κ3) is 4.89. The van der Waals surface area contributed by atoms with Crippen molar-refractivity contribution >= 4 is 12.4 Å². The van der Waals surface area contributed by atoms with Crippen LogP contribution in [0.3, 0.4) is 0 Å². The molecule has 1 atom stereocenters. The van der Waals surface area contributed by atoms with Crippen LogP contribution in [0.4, 0.5) is 0 Å². The Balaban J connectivity index is 0.00000225. The van der Waals surface area contributed by atoms with Gasteiger partial charge in [0.05, 0.1) is 19.8 Å². The Morgan fingerprint density at radius 2 is 2.21 bits per heavy atom. The predicted octanol–water partition coefficient (Wildman–Crippen LogP) is 3.00. The molecule has 3 aromatic rings. The van der Waals surface area contributed by atoms with E-state index in [1.54, 1.807) is 7.11 Å². The smallest absolute Gasteiger partial charge is 0.278 e. The molecule has 3 heterocycles. The zero-order chi connectivity index (χ0) is 18.5. The van der Waals surface area contributed by atoms with Crippen molar-refractivity contribution in [3.8, 4) is 17.3 Å². The molecule has 1 aliphatic rings. The van der Waals surface area contributed by atoms with Crippen LogP contribution in [-0.2, 0) is 18.0 Å². The Morgan fingerprint density at radius 3 is 3.04 bits per heavy atom. The summed E-state index contributed by atoms with van der Waals surface area (Å²) >= 11 is 0. The van der Waals surface area contributed by atoms with Gasteiger partial charge in [-0.25, -0.2) is 0 Å². The number of piperidine rings is 1. The van der Waals surface area contributed by atoms with Crippen molar-refractivity contribution < 1.29 is 14.0 Å². The molecule has 0 bridgehead atoms. The molecule has 0 spiro atoms. The molecular formula is C19H24ClN5O3. The van der Waals surface area contributed by atoms with Crippen molar-refractivity contribution in [3.05, 3.63) is 47.9 Å². The van der Waals surface area contributed by atoms with E-state index in [1.807, 2.05) is 41.2 Å². The Kier molecular flexibility index (Phi) is 7.02. The summed E-state index contributed by atoms with van der Waals surface area (Å²) in [7, 11) is 1.65. The first-order valence-electron chi connectivity index (χ1n) is 9.11. The number of methoxy groups -OCH3 is 1. The minimum absolute atomic E-state index is 0. The van der Waals surface area contributed by atoms with E-state index in [0.29, 0.717) is 30.1 Å². The van der Waals surface area contributed by atoms with Crippen LogP contribution >= 0.6 is 12.4 Å². The van der Waals surface area contributed by atoms with Crippen LogP contribution < -0.4 is 10.1 Å². The molecule has 1 saturated heterocycles. The number of nitrogens with one attached hydrogen (secondary N) is 1. The second-order valence-electron chi connectivity index (χ2n) is 6.54. The minimum Gasteiger partial charge on any atom is -0.497 e. The predicted molar refractivity (Wildman–Crippen MR) is 105 cm³/mol. The first kappa shape index (κ1) is 20.3. The fourth-order valence-electron chi connectivity index (χ4n) is 3.15. The van der Waals surface area contributed by atoms with E-state index < -0.39 is 0 Å². The average molecular weight is 406 g/mol. The summed E-state index contributed by atoms with van der Waals surface area (Å²) in [5.74, 6) is 1.72. The number of rotatable bonds is 7. The van der Waals surface area contributed by atoms with E-state index in [0.717, 1.165) is 37.2 Å². The molecule has 4 rings (SSSR count). The lowest BCUT2D eigenvalue weighted by Gasteiger charge is -2.22. The van der Waals surface area contributed by atoms with Crippen molar-refractivity contribution in [2.24, 2.45) is 0 Å². The van der Waals surface area contributed by atoms with Crippen LogP contribution in [0.5, 0.6) is 5.75 Å². The number of ether oxygens (including phenoxy) is 2. The zero-order valence-corrected chi connectivity index (χ0v) is 16.5. The molecule has 8 nitrogen and oxygen atoms in total. The lowest BCUT2D eigenvalue weighted by atomic mass is 10.1. The maximum atomic E-state index is 5.68. The van der Waals surface area contributed by atoms with Gasteiger partial charge < -0.3 is 19.3 Å². The van der Waals surface area contributed by atoms with E-state index in [4.69, 9.17) is 14.0 Å². The summed E-state index contributed by atoms with van der Waals surface area (Å²) in [6, 6.07) is 10.0. The third-order valence-corrected chi connectivity index (χ3v) is 4.57. The van der Waals surface area contributed by atoms with E-state index >= 15 is 0 Å². The van der Waals surface area contributed by atoms with Gasteiger partial charge in [0.25, 0.3) is 5.89 Å². The maximum Gasteiger partial charge on any atom is 0.278 e. The third-order valence-electron chi connectivity index (χ3n) is 4.57. The first-order valence-corrected chi connectivity index (χ1v) is 9.11. The van der Waals surface area contributed by atoms with Gasteiger partial charge in [-0.15, -0.1) is 12.4 Å². The summed E-state index contributed by atoms with van der Waals surface area (Å²) < 4.78 is 18.2. The highest BCUT2D eigenvalue weighted by Gasteiger charge is 2.18. The number of aromatic nitrogens is 4. The van der Waals surface area contributed by atoms with Gasteiger partial charge in [0, 0.05) is 12.7 Å². The van der Waals surface area contributed by atoms with Crippen molar-refractivity contribution in [1.29, 1.82) is 0 Å². The van der Waals surface area contributed by atoms with Crippen molar-refractivity contribution in [3.63, 3.8) is 0 Å². The van der Waals surface area contributed by atoms with E-state index in [9.17, 15) is 0 Å². The lowest BCUT2D eigenvalue weighted by Crippen LogP contribution is -2.31. The van der Waals surface area contributed by atoms with Crippen LogP contribution in [0.15, 0.2) is 41.1 Å². The summed E-state index contributed by atoms with van der Waals surface area (Å²) in [6.07, 6.45) is 4.26. The van der Waals surface area contributed by atoms with Gasteiger partial charge in [-0.2, -0.15) is 10.1 Å². The molecule has 0 saturated carbocycles. The fraction of sp³-hybridized carbons (Fsp3) is 0.421. The molecule has 0 aliphatic carbocycles. The number of hydrogen-bond acceptors (Lipinski definition) is 7. The normalized spacial score (nSPS) is 16.5. The quantitative estimate of drug-likeness (QED) is 0.646. The van der Waals surface area contributed by atoms with E-state index in [2.05, 4.69) is 20.6 Å². The Bertz CT molecular complexity index is 876. The number of nitrogens with zero attached hydrogens (tertiary/aromatic N) is 4. The first-order chi connectivity index (χ1) is 13.3. The van der Waals surface area contributed by atoms with Gasteiger partial charge in [-0.05, 0) is 43.1 Å². The molecule has 0 radical (unpaired) electrons. The summed E-state index contributed by atoms with van der Waals surface area (Å²) in [5.41, 5.74) is 1.71. The standard InChI is InChI=1S/C19H23N5O3.ClH/c1-25-16-6-2-4-14(10-16)12-26-13-18-21-19(27-23-18)17-7-9-24(22-17)15-5-3-8-20-11-15;/h2,4,6-7,9-10,15,20H,3,5,8,11-13H2,1H3;1H. The van der Waals surface area contributed by atoms with Gasteiger partial charge in [0.1, 0.15) is 12.4 Å². The van der Waals surface area contributed by atoms with Gasteiger partial charge >= 0.3 is 0 Å². The summed E-state index contributed by atoms with van der Waals surface area (Å²) in [4.78, 5) is 4.38. The van der Waals surface area contributed by atoms with E-state index in [-0.39, 0.29) is 19.0 Å². The molecule has 1 N–H and O–H groups in total. The maximum absolute atomic E-state index is 5.68. The second kappa shape index (κ2) is 9.68. The largest absolute Gasteiger partial charge is 0.497 e. The molecule has 1 unspecified atom stereocenters. The molecular weight excluding hydrogens is 382 g/mol. The molecule has 1 aliphatic heterocycles. The molecule has 0 amide bonds. The molecule has 150 valence electrons. The van der Waals surface area contributed by atoms with Crippen molar-refractivity contribution in [2.45, 2.75) is 32.1 Å². The molecule has 2 aromatic heterocycles. The van der Waals surface area contributed by atoms with Crippen LogP contribution in [0, 0.1) is 0 Å². The number of hydrogen-bond donors (Lipinski definition) is 1. The monoisotopic (exact) mass is 405 g/mol. The Morgan fingerprint density at radius 1 is 1.29 bits per heavy atom. The summed E-state index contributed by atoms with van der Waals surface area (Å²) in [5, 5.41) is 12.0. The van der Waals surface area contributed by atoms with Gasteiger partial charge in [0.2, 0.25) is 0 Å². The Hall–Kier alpha value is -2.42. The SMILES string of the molecule is COc1cccc(COCc2noc(-c3ccn(C4CCCNC4)n3)n2)c1.Cl. The number of benzene rings is 1. The zero-order valence-electron chi connectivity index (χ0n) is 15.7.